The van der Waals surface area contributed by atoms with Crippen LogP contribution in [0.25, 0.3) is 0 Å². The fraction of sp³-hybridized carbons (Fsp3) is 0.455. The van der Waals surface area contributed by atoms with Gasteiger partial charge >= 0.3 is 0 Å². The molecule has 2 rings (SSSR count). The van der Waals surface area contributed by atoms with E-state index < -0.39 is 11.6 Å². The highest BCUT2D eigenvalue weighted by Gasteiger charge is 2.19. The normalized spacial score (nSPS) is 21.7. The molecule has 0 saturated carbocycles. The number of nitrogens with one attached hydrogen (secondary N) is 1. The monoisotopic (exact) mass is 275 g/mol. The molecule has 1 unspecified atom stereocenters. The lowest BCUT2D eigenvalue weighted by atomic mass is 9.97. The molecule has 0 aliphatic carbocycles. The molecule has 0 bridgehead atoms. The minimum atomic E-state index is -0.804. The largest absolute Gasteiger partial charge is 0.310 e. The van der Waals surface area contributed by atoms with E-state index in [1.54, 1.807) is 0 Å². The van der Waals surface area contributed by atoms with Gasteiger partial charge in [-0.2, -0.15) is 0 Å². The molecule has 1 nitrogen and oxygen atoms in total. The van der Waals surface area contributed by atoms with Gasteiger partial charge in [-0.1, -0.05) is 22.4 Å². The molecule has 82 valence electrons. The predicted molar refractivity (Wildman–Crippen MR) is 58.7 cm³/mol. The molecule has 1 heterocycles. The minimum Gasteiger partial charge on any atom is -0.310 e. The van der Waals surface area contributed by atoms with Gasteiger partial charge in [-0.05, 0) is 37.1 Å². The lowest BCUT2D eigenvalue weighted by Crippen LogP contribution is -2.27. The molecule has 0 aromatic heterocycles. The summed E-state index contributed by atoms with van der Waals surface area (Å²) in [6.45, 7) is 0.941. The Labute approximate surface area is 96.0 Å². The van der Waals surface area contributed by atoms with Crippen LogP contribution in [0.15, 0.2) is 16.6 Å². The Morgan fingerprint density at radius 1 is 1.20 bits per heavy atom. The first kappa shape index (κ1) is 11.0. The highest BCUT2D eigenvalue weighted by atomic mass is 79.9. The van der Waals surface area contributed by atoms with E-state index >= 15 is 0 Å². The molecule has 0 amide bonds. The van der Waals surface area contributed by atoms with Crippen LogP contribution >= 0.6 is 15.9 Å². The van der Waals surface area contributed by atoms with E-state index in [0.717, 1.165) is 31.4 Å². The first-order valence-electron chi connectivity index (χ1n) is 5.06. The molecule has 1 aliphatic rings. The summed E-state index contributed by atoms with van der Waals surface area (Å²) in [6, 6.07) is 2.62. The molecule has 1 aliphatic heterocycles. The number of halogens is 3. The van der Waals surface area contributed by atoms with Gasteiger partial charge < -0.3 is 5.32 Å². The summed E-state index contributed by atoms with van der Waals surface area (Å²) in [5, 5.41) is 3.30. The van der Waals surface area contributed by atoms with Gasteiger partial charge in [0.25, 0.3) is 0 Å². The Kier molecular flexibility index (Phi) is 3.36. The van der Waals surface area contributed by atoms with Crippen LogP contribution in [0, 0.1) is 11.6 Å². The maximum absolute atomic E-state index is 13.1. The van der Waals surface area contributed by atoms with E-state index in [1.165, 1.54) is 12.1 Å². The van der Waals surface area contributed by atoms with Gasteiger partial charge in [-0.25, -0.2) is 8.78 Å². The highest BCUT2D eigenvalue weighted by molar-refractivity contribution is 9.10. The van der Waals surface area contributed by atoms with Crippen molar-refractivity contribution in [2.45, 2.75) is 25.3 Å². The van der Waals surface area contributed by atoms with Gasteiger partial charge in [-0.15, -0.1) is 0 Å². The third-order valence-electron chi connectivity index (χ3n) is 2.73. The maximum atomic E-state index is 13.1. The molecule has 1 atom stereocenters. The predicted octanol–water partition coefficient (Wildman–Crippen LogP) is 3.54. The summed E-state index contributed by atoms with van der Waals surface area (Å²) < 4.78 is 26.6. The number of piperidine rings is 1. The number of benzene rings is 1. The van der Waals surface area contributed by atoms with E-state index in [-0.39, 0.29) is 6.04 Å². The molecule has 1 aromatic carbocycles. The molecule has 0 radical (unpaired) electrons. The van der Waals surface area contributed by atoms with E-state index in [9.17, 15) is 8.78 Å². The van der Waals surface area contributed by atoms with E-state index in [1.807, 2.05) is 0 Å². The van der Waals surface area contributed by atoms with Crippen molar-refractivity contribution in [2.75, 3.05) is 6.54 Å². The summed E-state index contributed by atoms with van der Waals surface area (Å²) in [7, 11) is 0. The van der Waals surface area contributed by atoms with Crippen LogP contribution in [-0.4, -0.2) is 6.54 Å². The van der Waals surface area contributed by atoms with Crippen molar-refractivity contribution < 1.29 is 8.78 Å². The third-order valence-corrected chi connectivity index (χ3v) is 3.41. The summed E-state index contributed by atoms with van der Waals surface area (Å²) in [5.74, 6) is -1.58. The summed E-state index contributed by atoms with van der Waals surface area (Å²) in [5.41, 5.74) is 0.814. The third kappa shape index (κ3) is 2.37. The van der Waals surface area contributed by atoms with Crippen molar-refractivity contribution in [3.8, 4) is 0 Å². The van der Waals surface area contributed by atoms with Gasteiger partial charge in [0.15, 0.2) is 11.6 Å². The van der Waals surface area contributed by atoms with Crippen LogP contribution in [0.4, 0.5) is 8.78 Å². The highest BCUT2D eigenvalue weighted by Crippen LogP contribution is 2.30. The van der Waals surface area contributed by atoms with Crippen molar-refractivity contribution in [3.05, 3.63) is 33.8 Å². The zero-order valence-corrected chi connectivity index (χ0v) is 9.78. The average Bonchev–Trinajstić information content (AvgIpc) is 2.25. The fourth-order valence-electron chi connectivity index (χ4n) is 1.92. The second-order valence-corrected chi connectivity index (χ2v) is 4.64. The Hall–Kier alpha value is -0.480. The van der Waals surface area contributed by atoms with Crippen LogP contribution < -0.4 is 5.32 Å². The Morgan fingerprint density at radius 2 is 1.93 bits per heavy atom. The first-order chi connectivity index (χ1) is 7.18. The van der Waals surface area contributed by atoms with Gasteiger partial charge in [0.05, 0.1) is 0 Å². The topological polar surface area (TPSA) is 12.0 Å². The van der Waals surface area contributed by atoms with Crippen LogP contribution in [0.5, 0.6) is 0 Å². The lowest BCUT2D eigenvalue weighted by molar-refractivity contribution is 0.407. The van der Waals surface area contributed by atoms with Crippen molar-refractivity contribution in [3.63, 3.8) is 0 Å². The van der Waals surface area contributed by atoms with Crippen molar-refractivity contribution in [2.24, 2.45) is 0 Å². The number of hydrogen-bond donors (Lipinski definition) is 1. The average molecular weight is 276 g/mol. The summed E-state index contributed by atoms with van der Waals surface area (Å²) >= 11 is 3.27. The van der Waals surface area contributed by atoms with Crippen molar-refractivity contribution in [1.29, 1.82) is 0 Å². The molecule has 0 spiro atoms. The SMILES string of the molecule is Fc1cc(Br)c(C2CCCCN2)cc1F. The van der Waals surface area contributed by atoms with E-state index in [4.69, 9.17) is 0 Å². The lowest BCUT2D eigenvalue weighted by Gasteiger charge is -2.24. The fourth-order valence-corrected chi connectivity index (χ4v) is 2.51. The molecule has 1 aromatic rings. The second kappa shape index (κ2) is 4.58. The van der Waals surface area contributed by atoms with Crippen LogP contribution in [0.3, 0.4) is 0 Å². The second-order valence-electron chi connectivity index (χ2n) is 3.79. The Morgan fingerprint density at radius 3 is 2.60 bits per heavy atom. The zero-order valence-electron chi connectivity index (χ0n) is 8.19. The van der Waals surface area contributed by atoms with Gasteiger partial charge in [0.1, 0.15) is 0 Å². The molecule has 1 saturated heterocycles. The summed E-state index contributed by atoms with van der Waals surface area (Å²) in [6.07, 6.45) is 3.25. The van der Waals surface area contributed by atoms with E-state index in [2.05, 4.69) is 21.2 Å². The van der Waals surface area contributed by atoms with Crippen LogP contribution in [0.2, 0.25) is 0 Å². The van der Waals surface area contributed by atoms with Crippen molar-refractivity contribution >= 4 is 15.9 Å². The van der Waals surface area contributed by atoms with Crippen molar-refractivity contribution in [1.82, 2.24) is 5.32 Å². The Bertz CT molecular complexity index is 362. The standard InChI is InChI=1S/C11H12BrF2N/c12-8-6-10(14)9(13)5-7(8)11-3-1-2-4-15-11/h5-6,11,15H,1-4H2. The molecule has 4 heteroatoms. The molecule has 1 fully saturated rings. The first-order valence-corrected chi connectivity index (χ1v) is 5.85. The smallest absolute Gasteiger partial charge is 0.159 e. The molecule has 1 N–H and O–H groups in total. The zero-order chi connectivity index (χ0) is 10.8. The van der Waals surface area contributed by atoms with Gasteiger partial charge in [-0.3, -0.25) is 0 Å². The summed E-state index contributed by atoms with van der Waals surface area (Å²) in [4.78, 5) is 0. The Balaban J connectivity index is 2.30. The molecular formula is C11H12BrF2N. The molecular weight excluding hydrogens is 264 g/mol. The van der Waals surface area contributed by atoms with Gasteiger partial charge in [0, 0.05) is 10.5 Å². The number of hydrogen-bond acceptors (Lipinski definition) is 1. The van der Waals surface area contributed by atoms with Crippen LogP contribution in [-0.2, 0) is 0 Å². The minimum absolute atomic E-state index is 0.142. The maximum Gasteiger partial charge on any atom is 0.159 e. The quantitative estimate of drug-likeness (QED) is 0.773. The molecule has 15 heavy (non-hydrogen) atoms. The number of rotatable bonds is 1. The van der Waals surface area contributed by atoms with Gasteiger partial charge in [0.2, 0.25) is 0 Å². The van der Waals surface area contributed by atoms with E-state index in [0.29, 0.717) is 4.47 Å². The van der Waals surface area contributed by atoms with Crippen LogP contribution in [0.1, 0.15) is 30.9 Å².